The van der Waals surface area contributed by atoms with E-state index in [9.17, 15) is 35.5 Å². The van der Waals surface area contributed by atoms with Gasteiger partial charge in [-0.15, -0.1) is 0 Å². The van der Waals surface area contributed by atoms with Crippen LogP contribution in [0.4, 0.5) is 22.7 Å². The van der Waals surface area contributed by atoms with E-state index in [0.29, 0.717) is 22.7 Å². The Labute approximate surface area is 325 Å². The van der Waals surface area contributed by atoms with Gasteiger partial charge in [-0.05, 0) is 83.9 Å². The molecule has 0 atom stereocenters. The number of rotatable bonds is 8. The summed E-state index contributed by atoms with van der Waals surface area (Å²) in [4.78, 5) is 24.9. The molecule has 13 nitrogen and oxygen atoms in total. The summed E-state index contributed by atoms with van der Waals surface area (Å²) in [6.07, 6.45) is 2.11. The van der Waals surface area contributed by atoms with Crippen molar-refractivity contribution >= 4 is 78.1 Å². The van der Waals surface area contributed by atoms with Crippen LogP contribution in [0.3, 0.4) is 0 Å². The van der Waals surface area contributed by atoms with E-state index in [2.05, 4.69) is 26.4 Å². The molecule has 4 aromatic rings. The fourth-order valence-electron chi connectivity index (χ4n) is 4.86. The van der Waals surface area contributed by atoms with Crippen LogP contribution in [0.25, 0.3) is 12.2 Å². The molecule has 49 heavy (non-hydrogen) atoms. The van der Waals surface area contributed by atoms with Crippen molar-refractivity contribution in [3.8, 4) is 0 Å². The number of carbonyl (C=O) groups is 2. The van der Waals surface area contributed by atoms with Crippen molar-refractivity contribution in [1.29, 1.82) is 0 Å². The molecule has 2 aliphatic carbocycles. The first-order valence-corrected chi connectivity index (χ1v) is 16.5. The Bertz CT molecular complexity index is 2150. The molecular formula is C32H21N5Na2O8S2. The smallest absolute Gasteiger partial charge is 0.744 e. The van der Waals surface area contributed by atoms with Gasteiger partial charge in [-0.3, -0.25) is 20.4 Å². The van der Waals surface area contributed by atoms with Crippen molar-refractivity contribution in [2.75, 3.05) is 16.2 Å². The van der Waals surface area contributed by atoms with E-state index < -0.39 is 53.0 Å². The van der Waals surface area contributed by atoms with Crippen LogP contribution in [0.2, 0.25) is 0 Å². The number of carbonyl (C=O) groups excluding carboxylic acids is 2. The molecule has 17 heteroatoms. The molecule has 0 amide bonds. The van der Waals surface area contributed by atoms with Gasteiger partial charge >= 0.3 is 59.1 Å². The third-order valence-corrected chi connectivity index (χ3v) is 8.73. The summed E-state index contributed by atoms with van der Waals surface area (Å²) < 4.78 is 72.8. The van der Waals surface area contributed by atoms with Crippen LogP contribution in [0.1, 0.15) is 31.8 Å². The number of ketones is 2. The summed E-state index contributed by atoms with van der Waals surface area (Å²) in [6.45, 7) is 0. The number of nitrogens with one attached hydrogen (secondary N) is 3. The van der Waals surface area contributed by atoms with Crippen molar-refractivity contribution in [2.24, 2.45) is 10.2 Å². The number of nitrogens with zero attached hydrogens (tertiary/aromatic N) is 2. The number of hydrogen-bond acceptors (Lipinski definition) is 13. The van der Waals surface area contributed by atoms with Crippen LogP contribution in [0.15, 0.2) is 117 Å². The molecule has 0 heterocycles. The predicted molar refractivity (Wildman–Crippen MR) is 175 cm³/mol. The van der Waals surface area contributed by atoms with Crippen LogP contribution in [0, 0.1) is 0 Å². The van der Waals surface area contributed by atoms with Crippen LogP contribution < -0.4 is 75.3 Å². The number of hydrogen-bond donors (Lipinski definition) is 3. The fraction of sp³-hybridized carbons (Fsp3) is 0. The molecule has 0 radical (unpaired) electrons. The summed E-state index contributed by atoms with van der Waals surface area (Å²) in [5.41, 5.74) is 6.17. The van der Waals surface area contributed by atoms with E-state index in [1.165, 1.54) is 36.4 Å². The van der Waals surface area contributed by atoms with Crippen molar-refractivity contribution in [3.05, 3.63) is 129 Å². The van der Waals surface area contributed by atoms with Crippen molar-refractivity contribution in [1.82, 2.24) is 0 Å². The Morgan fingerprint density at radius 1 is 0.510 bits per heavy atom. The van der Waals surface area contributed by atoms with E-state index >= 15 is 0 Å². The first-order valence-electron chi connectivity index (χ1n) is 13.7. The maximum Gasteiger partial charge on any atom is 1.00 e. The zero-order valence-electron chi connectivity index (χ0n) is 25.9. The Morgan fingerprint density at radius 2 is 0.878 bits per heavy atom. The van der Waals surface area contributed by atoms with Gasteiger partial charge in [0.25, 0.3) is 0 Å². The molecule has 0 unspecified atom stereocenters. The second kappa shape index (κ2) is 15.4. The molecule has 0 aromatic heterocycles. The van der Waals surface area contributed by atoms with Crippen LogP contribution in [-0.2, 0) is 20.2 Å². The van der Waals surface area contributed by atoms with E-state index in [-0.39, 0.29) is 81.4 Å². The van der Waals surface area contributed by atoms with Gasteiger partial charge in [0.1, 0.15) is 31.7 Å². The van der Waals surface area contributed by atoms with Gasteiger partial charge < -0.3 is 14.4 Å². The molecule has 6 rings (SSSR count). The van der Waals surface area contributed by atoms with Crippen molar-refractivity contribution in [3.63, 3.8) is 0 Å². The first kappa shape index (κ1) is 38.1. The number of para-hydroxylation sites is 2. The van der Waals surface area contributed by atoms with Crippen LogP contribution in [-0.4, -0.2) is 48.9 Å². The predicted octanol–water partition coefficient (Wildman–Crippen LogP) is -1.46. The quantitative estimate of drug-likeness (QED) is 0.109. The third-order valence-electron chi connectivity index (χ3n) is 7.03. The zero-order chi connectivity index (χ0) is 33.3. The summed E-state index contributed by atoms with van der Waals surface area (Å²) >= 11 is 0. The number of anilines is 4. The van der Waals surface area contributed by atoms with Crippen LogP contribution >= 0.6 is 0 Å². The van der Waals surface area contributed by atoms with E-state index in [4.69, 9.17) is 0 Å². The zero-order valence-corrected chi connectivity index (χ0v) is 31.5. The maximum atomic E-state index is 13.3. The van der Waals surface area contributed by atoms with E-state index in [1.807, 2.05) is 0 Å². The molecule has 0 saturated carbocycles. The standard InChI is InChI=1S/C32H23N5O8S2.2Na/c38-31-25-13-11-23(15-19(25)17-27(46(40,41)42)29(31)36-34-21-7-3-1-4-8-21)33-24-12-14-26-20(16-24)18-28(47(43,44)45)30(32(26)39)37-35-22-9-5-2-6-10-22;;/h1-18,33-35H,(H,40,41,42)(H,43,44,45);;/q;2*+1/p-2/b36-29-,37-30-;;. The monoisotopic (exact) mass is 713 g/mol. The molecule has 236 valence electrons. The molecule has 0 fully saturated rings. The molecule has 2 aliphatic rings. The molecule has 0 spiro atoms. The number of fused-ring (bicyclic) bond motifs is 2. The Morgan fingerprint density at radius 3 is 1.22 bits per heavy atom. The number of Topliss-reactive ketones (excluding diaryl/α,β-unsaturated/α-hetero) is 2. The largest absolute Gasteiger partial charge is 1.00 e. The first-order chi connectivity index (χ1) is 22.4. The summed E-state index contributed by atoms with van der Waals surface area (Å²) in [5.74, 6) is -1.56. The van der Waals surface area contributed by atoms with Gasteiger partial charge in [0.15, 0.2) is 0 Å². The average Bonchev–Trinajstić information content (AvgIpc) is 3.03. The summed E-state index contributed by atoms with van der Waals surface area (Å²) in [7, 11) is -10.2. The molecule has 3 N–H and O–H groups in total. The second-order valence-electron chi connectivity index (χ2n) is 10.2. The van der Waals surface area contributed by atoms with Gasteiger partial charge in [-0.1, -0.05) is 36.4 Å². The van der Waals surface area contributed by atoms with E-state index in [1.54, 1.807) is 60.7 Å². The number of benzene rings is 4. The average molecular weight is 714 g/mol. The fourth-order valence-corrected chi connectivity index (χ4v) is 6.15. The Kier molecular flexibility index (Phi) is 12.0. The number of hydrazone groups is 2. The van der Waals surface area contributed by atoms with Gasteiger partial charge in [-0.2, -0.15) is 10.2 Å². The minimum absolute atomic E-state index is 0. The van der Waals surface area contributed by atoms with Gasteiger partial charge in [0.05, 0.1) is 21.2 Å². The van der Waals surface area contributed by atoms with Gasteiger partial charge in [0, 0.05) is 22.5 Å². The second-order valence-corrected chi connectivity index (χ2v) is 12.9. The summed E-state index contributed by atoms with van der Waals surface area (Å²) in [5, 5.41) is 10.9. The maximum absolute atomic E-state index is 13.3. The molecule has 0 saturated heterocycles. The van der Waals surface area contributed by atoms with Crippen LogP contribution in [0.5, 0.6) is 0 Å². The van der Waals surface area contributed by atoms with Gasteiger partial charge in [-0.25, -0.2) is 16.8 Å². The SMILES string of the molecule is O=C1/C(=N\Nc2ccccc2)C(S(=O)(=O)[O-])=Cc2cc(Nc3ccc4c(c3)C=C(S(=O)(=O)[O-])/C(=N/Nc3ccccc3)C4=O)ccc21.[Na+].[Na+]. The molecule has 0 aliphatic heterocycles. The van der Waals surface area contributed by atoms with Crippen molar-refractivity contribution in [2.45, 2.75) is 0 Å². The minimum atomic E-state index is -5.11. The number of allylic oxidation sites excluding steroid dienone is 2. The Hall–Kier alpha value is -3.74. The Balaban J connectivity index is 0.00000270. The topological polar surface area (TPSA) is 209 Å². The minimum Gasteiger partial charge on any atom is -0.744 e. The summed E-state index contributed by atoms with van der Waals surface area (Å²) in [6, 6.07) is 25.7. The third kappa shape index (κ3) is 8.53. The van der Waals surface area contributed by atoms with E-state index in [0.717, 1.165) is 12.2 Å². The van der Waals surface area contributed by atoms with Crippen molar-refractivity contribution < 1.29 is 94.6 Å². The molecular weight excluding hydrogens is 692 g/mol. The molecule has 4 aromatic carbocycles. The molecule has 0 bridgehead atoms. The normalized spacial score (nSPS) is 15.6. The van der Waals surface area contributed by atoms with Gasteiger partial charge in [0.2, 0.25) is 11.6 Å².